The van der Waals surface area contributed by atoms with Gasteiger partial charge in [0.25, 0.3) is 5.91 Å². The van der Waals surface area contributed by atoms with Crippen molar-refractivity contribution in [2.75, 3.05) is 19.0 Å². The van der Waals surface area contributed by atoms with Crippen LogP contribution >= 0.6 is 27.3 Å². The molecule has 2 aromatic carbocycles. The molecule has 154 valence electrons. The van der Waals surface area contributed by atoms with Crippen LogP contribution in [0, 0.1) is 0 Å². The summed E-state index contributed by atoms with van der Waals surface area (Å²) >= 11 is 4.84. The highest BCUT2D eigenvalue weighted by Crippen LogP contribution is 2.38. The molecule has 1 aliphatic rings. The zero-order valence-corrected chi connectivity index (χ0v) is 18.9. The van der Waals surface area contributed by atoms with Crippen molar-refractivity contribution < 1.29 is 14.3 Å². The minimum atomic E-state index is -0.407. The molecule has 7 heteroatoms. The summed E-state index contributed by atoms with van der Waals surface area (Å²) in [6.07, 6.45) is 0.747. The van der Waals surface area contributed by atoms with Crippen LogP contribution in [0.1, 0.15) is 36.7 Å². The Morgan fingerprint density at radius 3 is 2.57 bits per heavy atom. The van der Waals surface area contributed by atoms with E-state index in [0.29, 0.717) is 16.1 Å². The summed E-state index contributed by atoms with van der Waals surface area (Å²) in [5.41, 5.74) is 3.27. The lowest BCUT2D eigenvalue weighted by Gasteiger charge is -2.27. The molecular formula is C23H21BrN2O3S. The van der Waals surface area contributed by atoms with E-state index in [9.17, 15) is 9.59 Å². The summed E-state index contributed by atoms with van der Waals surface area (Å²) in [7, 11) is 1.37. The number of nitrogens with zero attached hydrogens (tertiary/aromatic N) is 1. The molecule has 0 fully saturated rings. The molecule has 30 heavy (non-hydrogen) atoms. The highest BCUT2D eigenvalue weighted by atomic mass is 79.9. The average Bonchev–Trinajstić information content (AvgIpc) is 3.11. The molecule has 0 radical (unpaired) electrons. The van der Waals surface area contributed by atoms with Crippen molar-refractivity contribution in [1.82, 2.24) is 4.90 Å². The van der Waals surface area contributed by atoms with Crippen LogP contribution in [-0.2, 0) is 24.2 Å². The van der Waals surface area contributed by atoms with Crippen LogP contribution in [0.15, 0.2) is 59.1 Å². The molecule has 1 aromatic heterocycles. The molecule has 0 bridgehead atoms. The van der Waals surface area contributed by atoms with Crippen LogP contribution in [-0.4, -0.2) is 30.4 Å². The van der Waals surface area contributed by atoms with Crippen LogP contribution in [0.25, 0.3) is 0 Å². The van der Waals surface area contributed by atoms with Gasteiger partial charge in [-0.15, -0.1) is 11.3 Å². The van der Waals surface area contributed by atoms with E-state index in [-0.39, 0.29) is 5.91 Å². The third kappa shape index (κ3) is 4.48. The van der Waals surface area contributed by atoms with Crippen LogP contribution in [0.5, 0.6) is 0 Å². The molecule has 3 aromatic rings. The Morgan fingerprint density at radius 1 is 1.13 bits per heavy atom. The van der Waals surface area contributed by atoms with E-state index in [1.54, 1.807) is 12.1 Å². The first-order valence-corrected chi connectivity index (χ1v) is 11.2. The number of nitrogens with one attached hydrogen (secondary N) is 1. The molecule has 2 heterocycles. The van der Waals surface area contributed by atoms with Gasteiger partial charge in [-0.3, -0.25) is 9.69 Å². The third-order valence-electron chi connectivity index (χ3n) is 5.11. The van der Waals surface area contributed by atoms with E-state index in [2.05, 4.69) is 38.3 Å². The molecule has 0 saturated carbocycles. The molecule has 1 N–H and O–H groups in total. The molecule has 0 spiro atoms. The summed E-state index contributed by atoms with van der Waals surface area (Å²) < 4.78 is 5.93. The number of anilines is 1. The molecule has 0 aliphatic carbocycles. The Morgan fingerprint density at radius 2 is 1.87 bits per heavy atom. The number of thiophene rings is 1. The van der Waals surface area contributed by atoms with Crippen molar-refractivity contribution in [1.29, 1.82) is 0 Å². The van der Waals surface area contributed by atoms with Gasteiger partial charge < -0.3 is 10.1 Å². The Hall–Kier alpha value is -2.48. The molecule has 0 atom stereocenters. The summed E-state index contributed by atoms with van der Waals surface area (Å²) in [5.74, 6) is -0.650. The topological polar surface area (TPSA) is 58.6 Å². The number of hydrogen-bond donors (Lipinski definition) is 1. The van der Waals surface area contributed by atoms with E-state index >= 15 is 0 Å². The lowest BCUT2D eigenvalue weighted by molar-refractivity contribution is 0.0600. The molecular weight excluding hydrogens is 464 g/mol. The van der Waals surface area contributed by atoms with E-state index < -0.39 is 5.97 Å². The number of amides is 1. The van der Waals surface area contributed by atoms with Gasteiger partial charge >= 0.3 is 5.97 Å². The van der Waals surface area contributed by atoms with Crippen molar-refractivity contribution in [3.05, 3.63) is 86.2 Å². The number of fused-ring (bicyclic) bond motifs is 1. The maximum atomic E-state index is 12.7. The van der Waals surface area contributed by atoms with Gasteiger partial charge in [-0.05, 0) is 41.8 Å². The zero-order chi connectivity index (χ0) is 21.1. The number of rotatable bonds is 5. The second-order valence-electron chi connectivity index (χ2n) is 7.11. The Bertz CT molecular complexity index is 1060. The number of carbonyl (C=O) groups excluding carboxylic acids is 2. The Balaban J connectivity index is 1.58. The van der Waals surface area contributed by atoms with Crippen molar-refractivity contribution in [2.45, 2.75) is 19.5 Å². The van der Waals surface area contributed by atoms with Crippen LogP contribution < -0.4 is 5.32 Å². The fourth-order valence-electron chi connectivity index (χ4n) is 3.62. The van der Waals surface area contributed by atoms with Gasteiger partial charge in [0.1, 0.15) is 5.00 Å². The summed E-state index contributed by atoms with van der Waals surface area (Å²) in [6.45, 7) is 2.45. The van der Waals surface area contributed by atoms with Crippen LogP contribution in [0.4, 0.5) is 5.00 Å². The van der Waals surface area contributed by atoms with E-state index in [0.717, 1.165) is 41.0 Å². The number of halogens is 1. The Kier molecular flexibility index (Phi) is 6.32. The zero-order valence-electron chi connectivity index (χ0n) is 16.5. The van der Waals surface area contributed by atoms with Gasteiger partial charge in [0.15, 0.2) is 0 Å². The number of benzene rings is 2. The van der Waals surface area contributed by atoms with Crippen molar-refractivity contribution in [3.63, 3.8) is 0 Å². The van der Waals surface area contributed by atoms with Crippen LogP contribution in [0.2, 0.25) is 0 Å². The van der Waals surface area contributed by atoms with Gasteiger partial charge in [-0.2, -0.15) is 0 Å². The molecule has 0 saturated heterocycles. The van der Waals surface area contributed by atoms with Gasteiger partial charge in [-0.25, -0.2) is 4.79 Å². The highest BCUT2D eigenvalue weighted by Gasteiger charge is 2.29. The maximum Gasteiger partial charge on any atom is 0.341 e. The van der Waals surface area contributed by atoms with E-state index in [4.69, 9.17) is 4.74 Å². The highest BCUT2D eigenvalue weighted by molar-refractivity contribution is 9.10. The van der Waals surface area contributed by atoms with Gasteiger partial charge in [0.2, 0.25) is 0 Å². The number of methoxy groups -OCH3 is 1. The predicted octanol–water partition coefficient (Wildman–Crippen LogP) is 5.11. The lowest BCUT2D eigenvalue weighted by atomic mass is 10.0. The third-order valence-corrected chi connectivity index (χ3v) is 6.77. The number of esters is 1. The number of carbonyl (C=O) groups is 2. The summed E-state index contributed by atoms with van der Waals surface area (Å²) in [5, 5.41) is 3.48. The quantitative estimate of drug-likeness (QED) is 0.511. The maximum absolute atomic E-state index is 12.7. The van der Waals surface area contributed by atoms with Gasteiger partial charge in [-0.1, -0.05) is 46.3 Å². The Labute approximate surface area is 187 Å². The second kappa shape index (κ2) is 9.12. The summed E-state index contributed by atoms with van der Waals surface area (Å²) in [6, 6.07) is 17.5. The minimum Gasteiger partial charge on any atom is -0.465 e. The van der Waals surface area contributed by atoms with E-state index in [1.807, 2.05) is 30.3 Å². The first-order valence-electron chi connectivity index (χ1n) is 9.61. The monoisotopic (exact) mass is 484 g/mol. The predicted molar refractivity (Wildman–Crippen MR) is 122 cm³/mol. The van der Waals surface area contributed by atoms with Gasteiger partial charge in [0, 0.05) is 34.5 Å². The van der Waals surface area contributed by atoms with Crippen LogP contribution in [0.3, 0.4) is 0 Å². The first kappa shape index (κ1) is 20.8. The fourth-order valence-corrected chi connectivity index (χ4v) is 5.15. The van der Waals surface area contributed by atoms with E-state index in [1.165, 1.54) is 24.0 Å². The minimum absolute atomic E-state index is 0.243. The summed E-state index contributed by atoms with van der Waals surface area (Å²) in [4.78, 5) is 28.7. The average molecular weight is 485 g/mol. The first-order chi connectivity index (χ1) is 14.5. The van der Waals surface area contributed by atoms with Gasteiger partial charge in [0.05, 0.1) is 12.7 Å². The smallest absolute Gasteiger partial charge is 0.341 e. The largest absolute Gasteiger partial charge is 0.465 e. The fraction of sp³-hybridized carbons (Fsp3) is 0.217. The number of ether oxygens (including phenoxy) is 1. The molecule has 1 amide bonds. The molecule has 4 rings (SSSR count). The van der Waals surface area contributed by atoms with Crippen molar-refractivity contribution >= 4 is 44.1 Å². The van der Waals surface area contributed by atoms with Crippen molar-refractivity contribution in [3.8, 4) is 0 Å². The second-order valence-corrected chi connectivity index (χ2v) is 9.13. The normalized spacial score (nSPS) is 13.5. The molecule has 5 nitrogen and oxygen atoms in total. The van der Waals surface area contributed by atoms with Crippen molar-refractivity contribution in [2.24, 2.45) is 0 Å². The molecule has 1 aliphatic heterocycles. The number of hydrogen-bond acceptors (Lipinski definition) is 5. The lowest BCUT2D eigenvalue weighted by Crippen LogP contribution is -2.29. The molecule has 0 unspecified atom stereocenters. The standard InChI is InChI=1S/C23H21BrN2O3S/c1-29-23(28)20-18-11-12-26(13-15-5-3-2-4-6-15)14-19(18)30-22(20)25-21(27)16-7-9-17(24)10-8-16/h2-10H,11-14H2,1H3,(H,25,27). The SMILES string of the molecule is COC(=O)c1c(NC(=O)c2ccc(Br)cc2)sc2c1CCN(Cc1ccccc1)C2.